The maximum absolute atomic E-state index is 12.9. The molecule has 0 unspecified atom stereocenters. The summed E-state index contributed by atoms with van der Waals surface area (Å²) in [5, 5.41) is 7.88. The largest absolute Gasteiger partial charge is 0.356 e. The molecule has 0 aliphatic carbocycles. The zero-order valence-electron chi connectivity index (χ0n) is 16.4. The first-order chi connectivity index (χ1) is 13.3. The summed E-state index contributed by atoms with van der Waals surface area (Å²) in [5.74, 6) is -0.625. The predicted molar refractivity (Wildman–Crippen MR) is 112 cm³/mol. The van der Waals surface area contributed by atoms with E-state index in [1.165, 1.54) is 0 Å². The maximum atomic E-state index is 12.9. The van der Waals surface area contributed by atoms with Crippen molar-refractivity contribution in [2.45, 2.75) is 50.6 Å². The molecular weight excluding hydrogens is 376 g/mol. The molecule has 8 heteroatoms. The molecule has 3 amide bonds. The Hall–Kier alpha value is -2.06. The monoisotopic (exact) mass is 406 g/mol. The molecule has 1 aromatic carbocycles. The summed E-state index contributed by atoms with van der Waals surface area (Å²) in [6, 6.07) is 7.61. The van der Waals surface area contributed by atoms with Crippen molar-refractivity contribution >= 4 is 30.4 Å². The quantitative estimate of drug-likeness (QED) is 0.312. The molecule has 0 spiro atoms. The Labute approximate surface area is 171 Å². The molecule has 1 saturated heterocycles. The molecule has 4 atom stereocenters. The molecule has 5 N–H and O–H groups in total. The fraction of sp³-hybridized carbons (Fsp3) is 0.550. The van der Waals surface area contributed by atoms with Crippen LogP contribution in [0.15, 0.2) is 30.3 Å². The van der Waals surface area contributed by atoms with E-state index in [4.69, 9.17) is 5.73 Å². The molecule has 1 aliphatic heterocycles. The lowest BCUT2D eigenvalue weighted by Gasteiger charge is -2.27. The van der Waals surface area contributed by atoms with Gasteiger partial charge in [0.15, 0.2) is 0 Å². The maximum Gasteiger partial charge on any atom is 0.251 e. The molecule has 1 heterocycles. The van der Waals surface area contributed by atoms with Crippen LogP contribution in [0.4, 0.5) is 0 Å². The van der Waals surface area contributed by atoms with Gasteiger partial charge in [-0.1, -0.05) is 32.0 Å². The summed E-state index contributed by atoms with van der Waals surface area (Å²) in [6.45, 7) is 4.61. The highest BCUT2D eigenvalue weighted by Gasteiger charge is 2.31. The second-order valence-corrected chi connectivity index (χ2v) is 8.24. The Morgan fingerprint density at radius 1 is 1.25 bits per heavy atom. The van der Waals surface area contributed by atoms with E-state index in [1.54, 1.807) is 24.3 Å². The van der Waals surface area contributed by atoms with Crippen molar-refractivity contribution in [1.29, 1.82) is 0 Å². The fourth-order valence-electron chi connectivity index (χ4n) is 3.28. The van der Waals surface area contributed by atoms with Gasteiger partial charge in [0.1, 0.15) is 6.04 Å². The van der Waals surface area contributed by atoms with Gasteiger partial charge >= 0.3 is 0 Å². The first-order valence-corrected chi connectivity index (χ1v) is 10.2. The van der Waals surface area contributed by atoms with Crippen LogP contribution in [0.3, 0.4) is 0 Å². The van der Waals surface area contributed by atoms with Gasteiger partial charge in [-0.3, -0.25) is 14.4 Å². The number of rotatable bonds is 9. The standard InChI is InChI=1S/C20H30N4O3S/c1-12(2)10-16(24-19(26)13-6-4-3-5-7-13)20(27)23-15(17(21)28)11-14-8-9-22-18(14)25/h3-7,12,14-17,28H,8-11,21H2,1-2H3,(H,22,25)(H,23,27)(H,24,26)/t14-,15-,16-,17-/m0/s1. The number of nitrogens with one attached hydrogen (secondary N) is 3. The normalized spacial score (nSPS) is 19.6. The third kappa shape index (κ3) is 6.53. The molecule has 1 aliphatic rings. The lowest BCUT2D eigenvalue weighted by Crippen LogP contribution is -2.54. The van der Waals surface area contributed by atoms with Crippen LogP contribution in [-0.4, -0.2) is 41.7 Å². The van der Waals surface area contributed by atoms with Gasteiger partial charge in [-0.2, -0.15) is 12.6 Å². The van der Waals surface area contributed by atoms with Gasteiger partial charge in [-0.15, -0.1) is 0 Å². The van der Waals surface area contributed by atoms with E-state index in [1.807, 2.05) is 19.9 Å². The third-order valence-electron chi connectivity index (χ3n) is 4.81. The number of thiol groups is 1. The van der Waals surface area contributed by atoms with Crippen molar-refractivity contribution in [1.82, 2.24) is 16.0 Å². The highest BCUT2D eigenvalue weighted by Crippen LogP contribution is 2.18. The molecule has 0 aromatic heterocycles. The molecule has 28 heavy (non-hydrogen) atoms. The predicted octanol–water partition coefficient (Wildman–Crippen LogP) is 1.06. The molecule has 0 saturated carbocycles. The van der Waals surface area contributed by atoms with Crippen LogP contribution in [0.2, 0.25) is 0 Å². The fourth-order valence-corrected chi connectivity index (χ4v) is 3.47. The summed E-state index contributed by atoms with van der Waals surface area (Å²) in [6.07, 6.45) is 1.62. The summed E-state index contributed by atoms with van der Waals surface area (Å²) in [5.41, 5.74) is 6.43. The van der Waals surface area contributed by atoms with Gasteiger partial charge in [-0.05, 0) is 37.3 Å². The van der Waals surface area contributed by atoms with Crippen molar-refractivity contribution in [2.75, 3.05) is 6.54 Å². The SMILES string of the molecule is CC(C)C[C@H](NC(=O)c1ccccc1)C(=O)N[C@@H](C[C@@H]1CCNC1=O)[C@@H](N)S. The summed E-state index contributed by atoms with van der Waals surface area (Å²) in [4.78, 5) is 37.3. The summed E-state index contributed by atoms with van der Waals surface area (Å²) in [7, 11) is 0. The van der Waals surface area contributed by atoms with Crippen LogP contribution < -0.4 is 21.7 Å². The van der Waals surface area contributed by atoms with Crippen molar-refractivity contribution < 1.29 is 14.4 Å². The molecule has 1 fully saturated rings. The van der Waals surface area contributed by atoms with Crippen LogP contribution in [0.25, 0.3) is 0 Å². The smallest absolute Gasteiger partial charge is 0.251 e. The zero-order valence-corrected chi connectivity index (χ0v) is 17.2. The molecule has 154 valence electrons. The Balaban J connectivity index is 2.05. The number of carbonyl (C=O) groups excluding carboxylic acids is 3. The van der Waals surface area contributed by atoms with Crippen molar-refractivity contribution in [3.05, 3.63) is 35.9 Å². The second kappa shape index (κ2) is 10.5. The molecule has 0 radical (unpaired) electrons. The highest BCUT2D eigenvalue weighted by atomic mass is 32.1. The second-order valence-electron chi connectivity index (χ2n) is 7.64. The van der Waals surface area contributed by atoms with Crippen LogP contribution >= 0.6 is 12.6 Å². The minimum Gasteiger partial charge on any atom is -0.356 e. The van der Waals surface area contributed by atoms with Gasteiger partial charge < -0.3 is 21.7 Å². The lowest BCUT2D eigenvalue weighted by atomic mass is 9.97. The Kier molecular flexibility index (Phi) is 8.32. The first kappa shape index (κ1) is 22.2. The molecular formula is C20H30N4O3S. The van der Waals surface area contributed by atoms with Crippen LogP contribution in [-0.2, 0) is 9.59 Å². The number of benzene rings is 1. The van der Waals surface area contributed by atoms with Crippen molar-refractivity contribution in [2.24, 2.45) is 17.6 Å². The Bertz CT molecular complexity index is 681. The number of nitrogens with two attached hydrogens (primary N) is 1. The van der Waals surface area contributed by atoms with Crippen LogP contribution in [0.5, 0.6) is 0 Å². The van der Waals surface area contributed by atoms with Crippen LogP contribution in [0.1, 0.15) is 43.5 Å². The van der Waals surface area contributed by atoms with Gasteiger partial charge in [0.2, 0.25) is 11.8 Å². The average Bonchev–Trinajstić information content (AvgIpc) is 3.05. The van der Waals surface area contributed by atoms with Crippen molar-refractivity contribution in [3.8, 4) is 0 Å². The van der Waals surface area contributed by atoms with E-state index >= 15 is 0 Å². The van der Waals surface area contributed by atoms with Crippen LogP contribution in [0, 0.1) is 11.8 Å². The van der Waals surface area contributed by atoms with E-state index < -0.39 is 17.5 Å². The lowest BCUT2D eigenvalue weighted by molar-refractivity contribution is -0.126. The van der Waals surface area contributed by atoms with E-state index in [0.717, 1.165) is 0 Å². The van der Waals surface area contributed by atoms with E-state index in [0.29, 0.717) is 31.4 Å². The molecule has 7 nitrogen and oxygen atoms in total. The van der Waals surface area contributed by atoms with E-state index in [-0.39, 0.29) is 29.6 Å². The zero-order chi connectivity index (χ0) is 20.7. The van der Waals surface area contributed by atoms with Gasteiger partial charge in [0.25, 0.3) is 5.91 Å². The van der Waals surface area contributed by atoms with Crippen molar-refractivity contribution in [3.63, 3.8) is 0 Å². The molecule has 1 aromatic rings. The first-order valence-electron chi connectivity index (χ1n) is 9.65. The number of hydrogen-bond donors (Lipinski definition) is 5. The Morgan fingerprint density at radius 3 is 2.46 bits per heavy atom. The molecule has 0 bridgehead atoms. The number of hydrogen-bond acceptors (Lipinski definition) is 5. The summed E-state index contributed by atoms with van der Waals surface area (Å²) < 4.78 is 0. The van der Waals surface area contributed by atoms with Gasteiger partial charge in [0.05, 0.1) is 11.4 Å². The minimum absolute atomic E-state index is 0.0238. The molecule has 2 rings (SSSR count). The van der Waals surface area contributed by atoms with E-state index in [2.05, 4.69) is 28.6 Å². The number of amides is 3. The average molecular weight is 407 g/mol. The highest BCUT2D eigenvalue weighted by molar-refractivity contribution is 7.80. The van der Waals surface area contributed by atoms with E-state index in [9.17, 15) is 14.4 Å². The van der Waals surface area contributed by atoms with Gasteiger partial charge in [-0.25, -0.2) is 0 Å². The third-order valence-corrected chi connectivity index (χ3v) is 5.17. The minimum atomic E-state index is -0.695. The Morgan fingerprint density at radius 2 is 1.93 bits per heavy atom. The summed E-state index contributed by atoms with van der Waals surface area (Å²) >= 11 is 4.28. The topological polar surface area (TPSA) is 113 Å². The number of carbonyl (C=O) groups is 3. The van der Waals surface area contributed by atoms with Gasteiger partial charge in [0, 0.05) is 18.0 Å².